The second-order valence-corrected chi connectivity index (χ2v) is 6.95. The lowest BCUT2D eigenvalue weighted by atomic mass is 10.1. The van der Waals surface area contributed by atoms with E-state index in [-0.39, 0.29) is 0 Å². The maximum atomic E-state index is 4.48. The van der Waals surface area contributed by atoms with Crippen molar-refractivity contribution in [2.24, 2.45) is 0 Å². The topological polar surface area (TPSA) is 19.4 Å². The van der Waals surface area contributed by atoms with Crippen molar-refractivity contribution < 1.29 is 0 Å². The van der Waals surface area contributed by atoms with Gasteiger partial charge in [0.05, 0.1) is 5.52 Å². The van der Waals surface area contributed by atoms with Gasteiger partial charge >= 0.3 is 0 Å². The third-order valence-electron chi connectivity index (χ3n) is 5.05. The van der Waals surface area contributed by atoms with Gasteiger partial charge in [0.15, 0.2) is 0 Å². The van der Waals surface area contributed by atoms with Gasteiger partial charge in [-0.1, -0.05) is 89.6 Å². The van der Waals surface area contributed by atoms with Crippen molar-refractivity contribution in [2.45, 2.75) is 48.5 Å². The molecule has 2 heterocycles. The number of piperazine rings is 1. The molecule has 3 nitrogen and oxygen atoms in total. The van der Waals surface area contributed by atoms with E-state index in [1.54, 1.807) is 0 Å². The maximum Gasteiger partial charge on any atom is 0.0722 e. The van der Waals surface area contributed by atoms with E-state index in [9.17, 15) is 0 Å². The predicted octanol–water partition coefficient (Wildman–Crippen LogP) is 7.46. The Morgan fingerprint density at radius 1 is 0.812 bits per heavy atom. The van der Waals surface area contributed by atoms with E-state index in [1.165, 1.54) is 22.2 Å². The number of aromatic nitrogens is 1. The molecule has 3 heteroatoms. The third-order valence-corrected chi connectivity index (χ3v) is 5.05. The van der Waals surface area contributed by atoms with Gasteiger partial charge in [-0.3, -0.25) is 9.88 Å². The molecule has 0 unspecified atom stereocenters. The summed E-state index contributed by atoms with van der Waals surface area (Å²) in [6.45, 7) is 19.5. The smallest absolute Gasteiger partial charge is 0.0722 e. The molecule has 1 aliphatic rings. The van der Waals surface area contributed by atoms with E-state index in [4.69, 9.17) is 0 Å². The van der Waals surface area contributed by atoms with Crippen LogP contribution in [0.1, 0.15) is 52.7 Å². The zero-order chi connectivity index (χ0) is 23.8. The fraction of sp³-hybridized carbons (Fsp3) is 0.414. The SMILES string of the molecule is CC.CC.CC.Cc1cccc(/C=C/CN2CCN(c3cccc4ncccc34)CC2)c1. The van der Waals surface area contributed by atoms with Crippen molar-refractivity contribution in [1.29, 1.82) is 0 Å². The monoisotopic (exact) mass is 433 g/mol. The standard InChI is InChI=1S/C23H25N3.3C2H6/c1-19-6-2-7-20(18-19)8-5-13-25-14-16-26(17-15-25)23-11-3-10-22-21(23)9-4-12-24-22;3*1-2/h2-12,18H,13-17H2,1H3;3*1-2H3/b8-5+;;;. The molecular weight excluding hydrogens is 390 g/mol. The first-order valence-corrected chi connectivity index (χ1v) is 12.3. The number of nitrogens with zero attached hydrogens (tertiary/aromatic N) is 3. The maximum absolute atomic E-state index is 4.48. The molecule has 1 aromatic heterocycles. The van der Waals surface area contributed by atoms with Crippen molar-refractivity contribution >= 4 is 22.7 Å². The summed E-state index contributed by atoms with van der Waals surface area (Å²) in [4.78, 5) is 9.49. The molecule has 0 amide bonds. The van der Waals surface area contributed by atoms with Gasteiger partial charge in [0.1, 0.15) is 0 Å². The largest absolute Gasteiger partial charge is 0.368 e. The molecule has 0 aliphatic carbocycles. The zero-order valence-corrected chi connectivity index (χ0v) is 21.3. The molecule has 0 bridgehead atoms. The molecule has 174 valence electrons. The van der Waals surface area contributed by atoms with Crippen LogP contribution in [0.3, 0.4) is 0 Å². The molecule has 0 saturated carbocycles. The Morgan fingerprint density at radius 3 is 2.19 bits per heavy atom. The molecule has 4 rings (SSSR count). The van der Waals surface area contributed by atoms with Crippen LogP contribution >= 0.6 is 0 Å². The van der Waals surface area contributed by atoms with Crippen LogP contribution in [-0.2, 0) is 0 Å². The first-order valence-electron chi connectivity index (χ1n) is 12.3. The molecule has 3 aromatic rings. The van der Waals surface area contributed by atoms with Crippen LogP contribution in [-0.4, -0.2) is 42.6 Å². The predicted molar refractivity (Wildman–Crippen MR) is 145 cm³/mol. The summed E-state index contributed by atoms with van der Waals surface area (Å²) < 4.78 is 0. The van der Waals surface area contributed by atoms with Gasteiger partial charge in [-0.05, 0) is 36.8 Å². The number of fused-ring (bicyclic) bond motifs is 1. The Labute approximate surface area is 196 Å². The minimum atomic E-state index is 1.01. The zero-order valence-electron chi connectivity index (χ0n) is 21.3. The van der Waals surface area contributed by atoms with E-state index >= 15 is 0 Å². The van der Waals surface area contributed by atoms with E-state index in [0.29, 0.717) is 0 Å². The van der Waals surface area contributed by atoms with Crippen molar-refractivity contribution in [3.63, 3.8) is 0 Å². The Morgan fingerprint density at radius 2 is 1.50 bits per heavy atom. The molecule has 1 fully saturated rings. The summed E-state index contributed by atoms with van der Waals surface area (Å²) in [7, 11) is 0. The van der Waals surface area contributed by atoms with Gasteiger partial charge in [-0.25, -0.2) is 0 Å². The highest BCUT2D eigenvalue weighted by atomic mass is 15.3. The van der Waals surface area contributed by atoms with Crippen LogP contribution in [0.2, 0.25) is 0 Å². The van der Waals surface area contributed by atoms with Crippen molar-refractivity contribution in [3.05, 3.63) is 78.0 Å². The average molecular weight is 434 g/mol. The highest BCUT2D eigenvalue weighted by Gasteiger charge is 2.17. The fourth-order valence-corrected chi connectivity index (χ4v) is 3.65. The fourth-order valence-electron chi connectivity index (χ4n) is 3.65. The van der Waals surface area contributed by atoms with E-state index < -0.39 is 0 Å². The van der Waals surface area contributed by atoms with Gasteiger partial charge in [0.25, 0.3) is 0 Å². The van der Waals surface area contributed by atoms with E-state index in [2.05, 4.69) is 82.4 Å². The van der Waals surface area contributed by atoms with Crippen LogP contribution in [0.25, 0.3) is 17.0 Å². The van der Waals surface area contributed by atoms with Crippen LogP contribution < -0.4 is 4.90 Å². The highest BCUT2D eigenvalue weighted by molar-refractivity contribution is 5.91. The number of benzene rings is 2. The molecule has 0 atom stereocenters. The summed E-state index contributed by atoms with van der Waals surface area (Å²) >= 11 is 0. The Balaban J connectivity index is 0.000000789. The minimum absolute atomic E-state index is 1.01. The molecular formula is C29H43N3. The van der Waals surface area contributed by atoms with Crippen molar-refractivity contribution in [2.75, 3.05) is 37.6 Å². The third kappa shape index (κ3) is 8.12. The number of aryl methyl sites for hydroxylation is 1. The Kier molecular flexibility index (Phi) is 13.7. The lowest BCUT2D eigenvalue weighted by molar-refractivity contribution is 0.284. The average Bonchev–Trinajstić information content (AvgIpc) is 2.88. The molecule has 1 saturated heterocycles. The summed E-state index contributed by atoms with van der Waals surface area (Å²) in [5.41, 5.74) is 4.98. The number of rotatable bonds is 4. The van der Waals surface area contributed by atoms with Gasteiger partial charge in [-0.15, -0.1) is 0 Å². The van der Waals surface area contributed by atoms with Gasteiger partial charge in [0, 0.05) is 50.0 Å². The number of hydrogen-bond acceptors (Lipinski definition) is 3. The second-order valence-electron chi connectivity index (χ2n) is 6.95. The quantitative estimate of drug-likeness (QED) is 0.426. The highest BCUT2D eigenvalue weighted by Crippen LogP contribution is 2.26. The molecule has 2 aromatic carbocycles. The first kappa shape index (κ1) is 27.4. The molecule has 32 heavy (non-hydrogen) atoms. The van der Waals surface area contributed by atoms with Crippen LogP contribution in [0, 0.1) is 6.92 Å². The Hall–Kier alpha value is -2.65. The number of hydrogen-bond donors (Lipinski definition) is 0. The van der Waals surface area contributed by atoms with E-state index in [0.717, 1.165) is 38.2 Å². The lowest BCUT2D eigenvalue weighted by Crippen LogP contribution is -2.46. The Bertz CT molecular complexity index is 904. The lowest BCUT2D eigenvalue weighted by Gasteiger charge is -2.36. The molecule has 0 radical (unpaired) electrons. The van der Waals surface area contributed by atoms with Crippen molar-refractivity contribution in [1.82, 2.24) is 9.88 Å². The van der Waals surface area contributed by atoms with Gasteiger partial charge in [0.2, 0.25) is 0 Å². The normalized spacial score (nSPS) is 13.4. The summed E-state index contributed by atoms with van der Waals surface area (Å²) in [5, 5.41) is 1.25. The molecule has 0 N–H and O–H groups in total. The summed E-state index contributed by atoms with van der Waals surface area (Å²) in [6.07, 6.45) is 6.38. The number of pyridine rings is 1. The van der Waals surface area contributed by atoms with Crippen LogP contribution in [0.15, 0.2) is 66.9 Å². The summed E-state index contributed by atoms with van der Waals surface area (Å²) in [5.74, 6) is 0. The minimum Gasteiger partial charge on any atom is -0.368 e. The van der Waals surface area contributed by atoms with Crippen LogP contribution in [0.4, 0.5) is 5.69 Å². The van der Waals surface area contributed by atoms with Gasteiger partial charge in [-0.2, -0.15) is 0 Å². The molecule has 1 aliphatic heterocycles. The summed E-state index contributed by atoms with van der Waals surface area (Å²) in [6, 6.07) is 19.3. The molecule has 0 spiro atoms. The number of anilines is 1. The van der Waals surface area contributed by atoms with Crippen molar-refractivity contribution in [3.8, 4) is 0 Å². The van der Waals surface area contributed by atoms with Gasteiger partial charge < -0.3 is 4.90 Å². The second kappa shape index (κ2) is 16.0. The first-order chi connectivity index (χ1) is 15.8. The van der Waals surface area contributed by atoms with Crippen LogP contribution in [0.5, 0.6) is 0 Å². The van der Waals surface area contributed by atoms with E-state index in [1.807, 2.05) is 53.8 Å².